The largest absolute Gasteiger partial charge is 0.355 e. The third-order valence-corrected chi connectivity index (χ3v) is 4.40. The molecule has 6 heteroatoms. The van der Waals surface area contributed by atoms with Crippen molar-refractivity contribution in [2.45, 2.75) is 12.3 Å². The highest BCUT2D eigenvalue weighted by Crippen LogP contribution is 2.20. The zero-order valence-corrected chi connectivity index (χ0v) is 13.8. The lowest BCUT2D eigenvalue weighted by molar-refractivity contribution is -0.122. The van der Waals surface area contributed by atoms with Crippen LogP contribution in [0.5, 0.6) is 0 Å². The van der Waals surface area contributed by atoms with Gasteiger partial charge in [0.05, 0.1) is 11.7 Å². The number of hydrogen-bond acceptors (Lipinski definition) is 4. The molecule has 5 nitrogen and oxygen atoms in total. The summed E-state index contributed by atoms with van der Waals surface area (Å²) in [6, 6.07) is 13.2. The van der Waals surface area contributed by atoms with Gasteiger partial charge in [-0.1, -0.05) is 36.4 Å². The molecule has 1 aromatic carbocycles. The highest BCUT2D eigenvalue weighted by atomic mass is 32.2. The van der Waals surface area contributed by atoms with Gasteiger partial charge in [0, 0.05) is 25.2 Å². The summed E-state index contributed by atoms with van der Waals surface area (Å²) in [6.45, 7) is 0.119. The molecule has 2 aromatic rings. The van der Waals surface area contributed by atoms with E-state index in [1.165, 1.54) is 0 Å². The molecule has 1 aromatic heterocycles. The SMILES string of the molecule is CS(=O)(=O)CCNC(=O)C(Cc1cccnc1)c1ccccc1. The summed E-state index contributed by atoms with van der Waals surface area (Å²) in [5.41, 5.74) is 1.85. The minimum atomic E-state index is -3.09. The molecule has 23 heavy (non-hydrogen) atoms. The molecule has 1 amide bonds. The van der Waals surface area contributed by atoms with Gasteiger partial charge in [0.25, 0.3) is 0 Å². The lowest BCUT2D eigenvalue weighted by Crippen LogP contribution is -2.34. The highest BCUT2D eigenvalue weighted by Gasteiger charge is 2.21. The van der Waals surface area contributed by atoms with Gasteiger partial charge in [0.15, 0.2) is 0 Å². The number of carbonyl (C=O) groups excluding carboxylic acids is 1. The second kappa shape index (κ2) is 7.87. The first-order valence-corrected chi connectivity index (χ1v) is 9.41. The van der Waals surface area contributed by atoms with Crippen molar-refractivity contribution in [3.63, 3.8) is 0 Å². The summed E-state index contributed by atoms with van der Waals surface area (Å²) >= 11 is 0. The van der Waals surface area contributed by atoms with Crippen molar-refractivity contribution in [2.24, 2.45) is 0 Å². The summed E-state index contributed by atoms with van der Waals surface area (Å²) in [6.07, 6.45) is 5.10. The number of sulfone groups is 1. The standard InChI is InChI=1S/C17H20N2O3S/c1-23(21,22)11-10-19-17(20)16(15-7-3-2-4-8-15)12-14-6-5-9-18-13-14/h2-9,13,16H,10-12H2,1H3,(H,19,20). The molecule has 0 spiro atoms. The first-order valence-electron chi connectivity index (χ1n) is 7.35. The van der Waals surface area contributed by atoms with Crippen LogP contribution in [0.3, 0.4) is 0 Å². The van der Waals surface area contributed by atoms with E-state index in [0.29, 0.717) is 6.42 Å². The van der Waals surface area contributed by atoms with Crippen molar-refractivity contribution in [3.8, 4) is 0 Å². The van der Waals surface area contributed by atoms with E-state index in [4.69, 9.17) is 0 Å². The van der Waals surface area contributed by atoms with Crippen molar-refractivity contribution in [1.82, 2.24) is 10.3 Å². The number of rotatable bonds is 7. The molecule has 0 aliphatic rings. The van der Waals surface area contributed by atoms with E-state index in [0.717, 1.165) is 17.4 Å². The highest BCUT2D eigenvalue weighted by molar-refractivity contribution is 7.90. The molecule has 0 bridgehead atoms. The first-order chi connectivity index (χ1) is 11.0. The molecule has 1 heterocycles. The summed E-state index contributed by atoms with van der Waals surface area (Å²) in [5.74, 6) is -0.615. The molecule has 0 saturated carbocycles. The Kier molecular flexibility index (Phi) is 5.87. The second-order valence-electron chi connectivity index (χ2n) is 5.45. The van der Waals surface area contributed by atoms with Gasteiger partial charge in [0.1, 0.15) is 9.84 Å². The summed E-state index contributed by atoms with van der Waals surface area (Å²) in [7, 11) is -3.09. The molecule has 1 atom stereocenters. The van der Waals surface area contributed by atoms with Crippen molar-refractivity contribution < 1.29 is 13.2 Å². The number of carbonyl (C=O) groups is 1. The smallest absolute Gasteiger partial charge is 0.227 e. The molecule has 2 rings (SSSR count). The van der Waals surface area contributed by atoms with Gasteiger partial charge < -0.3 is 5.32 Å². The van der Waals surface area contributed by atoms with Crippen LogP contribution in [0.4, 0.5) is 0 Å². The van der Waals surface area contributed by atoms with Crippen molar-refractivity contribution in [2.75, 3.05) is 18.6 Å². The quantitative estimate of drug-likeness (QED) is 0.835. The Labute approximate surface area is 136 Å². The fourth-order valence-corrected chi connectivity index (χ4v) is 2.76. The van der Waals surface area contributed by atoms with Crippen molar-refractivity contribution in [1.29, 1.82) is 0 Å². The maximum absolute atomic E-state index is 12.5. The third-order valence-electron chi connectivity index (χ3n) is 3.45. The van der Waals surface area contributed by atoms with Gasteiger partial charge in [0.2, 0.25) is 5.91 Å². The van der Waals surface area contributed by atoms with Gasteiger partial charge in [-0.15, -0.1) is 0 Å². The normalized spacial score (nSPS) is 12.6. The van der Waals surface area contributed by atoms with Gasteiger partial charge in [-0.25, -0.2) is 8.42 Å². The minimum Gasteiger partial charge on any atom is -0.355 e. The Morgan fingerprint density at radius 2 is 1.91 bits per heavy atom. The van der Waals surface area contributed by atoms with E-state index in [1.54, 1.807) is 12.4 Å². The summed E-state index contributed by atoms with van der Waals surface area (Å²) in [4.78, 5) is 16.6. The van der Waals surface area contributed by atoms with Crippen LogP contribution in [0.2, 0.25) is 0 Å². The molecule has 0 radical (unpaired) electrons. The Bertz CT molecular complexity index is 731. The molecule has 1 unspecified atom stereocenters. The Morgan fingerprint density at radius 3 is 2.52 bits per heavy atom. The number of aromatic nitrogens is 1. The first kappa shape index (κ1) is 17.1. The van der Waals surface area contributed by atoms with E-state index in [2.05, 4.69) is 10.3 Å². The zero-order valence-electron chi connectivity index (χ0n) is 13.0. The number of amides is 1. The molecule has 0 fully saturated rings. The Morgan fingerprint density at radius 1 is 1.17 bits per heavy atom. The average molecular weight is 332 g/mol. The fourth-order valence-electron chi connectivity index (χ4n) is 2.28. The van der Waals surface area contributed by atoms with Gasteiger partial charge >= 0.3 is 0 Å². The maximum atomic E-state index is 12.5. The number of pyridine rings is 1. The van der Waals surface area contributed by atoms with Crippen LogP contribution in [0.1, 0.15) is 17.0 Å². The predicted molar refractivity (Wildman–Crippen MR) is 89.8 cm³/mol. The summed E-state index contributed by atoms with van der Waals surface area (Å²) < 4.78 is 22.4. The monoisotopic (exact) mass is 332 g/mol. The minimum absolute atomic E-state index is 0.0624. The van der Waals surface area contributed by atoms with Crippen LogP contribution in [-0.2, 0) is 21.1 Å². The van der Waals surface area contributed by atoms with Crippen LogP contribution < -0.4 is 5.32 Å². The van der Waals surface area contributed by atoms with Gasteiger partial charge in [-0.2, -0.15) is 0 Å². The van der Waals surface area contributed by atoms with Crippen LogP contribution >= 0.6 is 0 Å². The van der Waals surface area contributed by atoms with Crippen molar-refractivity contribution >= 4 is 15.7 Å². The lowest BCUT2D eigenvalue weighted by atomic mass is 9.92. The van der Waals surface area contributed by atoms with Crippen LogP contribution in [0.25, 0.3) is 0 Å². The predicted octanol–water partition coefficient (Wildman–Crippen LogP) is 1.57. The van der Waals surface area contributed by atoms with E-state index in [9.17, 15) is 13.2 Å². The molecule has 0 aliphatic heterocycles. The number of nitrogens with zero attached hydrogens (tertiary/aromatic N) is 1. The fraction of sp³-hybridized carbons (Fsp3) is 0.294. The second-order valence-corrected chi connectivity index (χ2v) is 7.71. The van der Waals surface area contributed by atoms with Crippen LogP contribution in [0.15, 0.2) is 54.9 Å². The average Bonchev–Trinajstić information content (AvgIpc) is 2.53. The number of benzene rings is 1. The van der Waals surface area contributed by atoms with Crippen LogP contribution in [-0.4, -0.2) is 37.9 Å². The van der Waals surface area contributed by atoms with E-state index in [-0.39, 0.29) is 24.1 Å². The third kappa shape index (κ3) is 5.83. The Hall–Kier alpha value is -2.21. The molecular weight excluding hydrogens is 312 g/mol. The van der Waals surface area contributed by atoms with Crippen LogP contribution in [0, 0.1) is 0 Å². The Balaban J connectivity index is 2.12. The van der Waals surface area contributed by atoms with Gasteiger partial charge in [-0.05, 0) is 23.6 Å². The lowest BCUT2D eigenvalue weighted by Gasteiger charge is -2.17. The van der Waals surface area contributed by atoms with Gasteiger partial charge in [-0.3, -0.25) is 9.78 Å². The van der Waals surface area contributed by atoms with E-state index < -0.39 is 9.84 Å². The molecule has 0 aliphatic carbocycles. The molecule has 1 N–H and O–H groups in total. The molecular formula is C17H20N2O3S. The van der Waals surface area contributed by atoms with E-state index in [1.807, 2.05) is 42.5 Å². The molecule has 0 saturated heterocycles. The molecule has 122 valence electrons. The summed E-state index contributed by atoms with van der Waals surface area (Å²) in [5, 5.41) is 2.72. The number of hydrogen-bond donors (Lipinski definition) is 1. The van der Waals surface area contributed by atoms with Crippen molar-refractivity contribution in [3.05, 3.63) is 66.0 Å². The maximum Gasteiger partial charge on any atom is 0.227 e. The van der Waals surface area contributed by atoms with E-state index >= 15 is 0 Å². The topological polar surface area (TPSA) is 76.1 Å². The zero-order chi connectivity index (χ0) is 16.7. The number of nitrogens with one attached hydrogen (secondary N) is 1.